The summed E-state index contributed by atoms with van der Waals surface area (Å²) < 4.78 is 0.997. The molecule has 0 unspecified atom stereocenters. The Bertz CT molecular complexity index is 416. The van der Waals surface area contributed by atoms with Crippen LogP contribution in [0.1, 0.15) is 26.3 Å². The zero-order valence-corrected chi connectivity index (χ0v) is 12.3. The van der Waals surface area contributed by atoms with Gasteiger partial charge in [0, 0.05) is 10.2 Å². The van der Waals surface area contributed by atoms with Crippen molar-refractivity contribution in [1.82, 2.24) is 5.32 Å². The zero-order valence-electron chi connectivity index (χ0n) is 10.7. The summed E-state index contributed by atoms with van der Waals surface area (Å²) in [6, 6.07) is 5.77. The van der Waals surface area contributed by atoms with Gasteiger partial charge in [0.2, 0.25) is 5.91 Å². The largest absolute Gasteiger partial charge is 0.324 e. The standard InChI is InChI=1S/C13H19BrN2O/c1-5-15-13(3,4)12(17)16-11-8-6-7-10(14)9(11)2/h6-8,15H,5H2,1-4H3,(H,16,17). The number of amides is 1. The van der Waals surface area contributed by atoms with E-state index in [0.717, 1.165) is 22.3 Å². The summed E-state index contributed by atoms with van der Waals surface area (Å²) in [5.74, 6) is -0.0273. The normalized spacial score (nSPS) is 11.4. The maximum Gasteiger partial charge on any atom is 0.244 e. The van der Waals surface area contributed by atoms with Crippen LogP contribution in [0.3, 0.4) is 0 Å². The second kappa shape index (κ2) is 5.65. The van der Waals surface area contributed by atoms with Crippen molar-refractivity contribution in [2.75, 3.05) is 11.9 Å². The highest BCUT2D eigenvalue weighted by molar-refractivity contribution is 9.10. The fourth-order valence-corrected chi connectivity index (χ4v) is 1.91. The first-order valence-corrected chi connectivity index (χ1v) is 6.49. The Hall–Kier alpha value is -0.870. The molecule has 0 radical (unpaired) electrons. The van der Waals surface area contributed by atoms with E-state index in [2.05, 4.69) is 26.6 Å². The van der Waals surface area contributed by atoms with Crippen molar-refractivity contribution in [3.8, 4) is 0 Å². The number of hydrogen-bond donors (Lipinski definition) is 2. The third-order valence-corrected chi connectivity index (χ3v) is 3.56. The third-order valence-electron chi connectivity index (χ3n) is 2.70. The van der Waals surface area contributed by atoms with Gasteiger partial charge in [0.1, 0.15) is 0 Å². The van der Waals surface area contributed by atoms with E-state index >= 15 is 0 Å². The lowest BCUT2D eigenvalue weighted by Crippen LogP contribution is -2.49. The van der Waals surface area contributed by atoms with Crippen LogP contribution in [0.25, 0.3) is 0 Å². The summed E-state index contributed by atoms with van der Waals surface area (Å²) in [7, 11) is 0. The van der Waals surface area contributed by atoms with Gasteiger partial charge in [0.15, 0.2) is 0 Å². The fraction of sp³-hybridized carbons (Fsp3) is 0.462. The van der Waals surface area contributed by atoms with Gasteiger partial charge in [-0.15, -0.1) is 0 Å². The molecule has 94 valence electrons. The van der Waals surface area contributed by atoms with Crippen LogP contribution in [0.5, 0.6) is 0 Å². The second-order valence-corrected chi connectivity index (χ2v) is 5.38. The molecule has 0 aliphatic heterocycles. The van der Waals surface area contributed by atoms with Crippen LogP contribution < -0.4 is 10.6 Å². The molecule has 4 heteroatoms. The Kier molecular flexibility index (Phi) is 4.71. The molecule has 2 N–H and O–H groups in total. The number of hydrogen-bond acceptors (Lipinski definition) is 2. The molecule has 0 saturated heterocycles. The van der Waals surface area contributed by atoms with Crippen LogP contribution in [0.4, 0.5) is 5.69 Å². The Labute approximate surface area is 111 Å². The predicted octanol–water partition coefficient (Wildman–Crippen LogP) is 3.08. The van der Waals surface area contributed by atoms with E-state index in [1.54, 1.807) is 0 Å². The van der Waals surface area contributed by atoms with Crippen molar-refractivity contribution < 1.29 is 4.79 Å². The molecule has 1 aromatic carbocycles. The Morgan fingerprint density at radius 2 is 2.06 bits per heavy atom. The number of benzene rings is 1. The molecule has 0 atom stereocenters. The number of nitrogens with one attached hydrogen (secondary N) is 2. The molecule has 0 spiro atoms. The Morgan fingerprint density at radius 1 is 1.41 bits per heavy atom. The topological polar surface area (TPSA) is 41.1 Å². The van der Waals surface area contributed by atoms with Crippen molar-refractivity contribution in [2.24, 2.45) is 0 Å². The van der Waals surface area contributed by atoms with E-state index in [1.165, 1.54) is 0 Å². The van der Waals surface area contributed by atoms with E-state index in [1.807, 2.05) is 45.9 Å². The summed E-state index contributed by atoms with van der Waals surface area (Å²) in [4.78, 5) is 12.1. The van der Waals surface area contributed by atoms with Crippen LogP contribution in [0.15, 0.2) is 22.7 Å². The highest BCUT2D eigenvalue weighted by Gasteiger charge is 2.26. The molecule has 0 saturated carbocycles. The second-order valence-electron chi connectivity index (χ2n) is 4.52. The summed E-state index contributed by atoms with van der Waals surface area (Å²) >= 11 is 3.45. The molecule has 0 fully saturated rings. The van der Waals surface area contributed by atoms with Crippen molar-refractivity contribution in [3.63, 3.8) is 0 Å². The molecule has 1 rings (SSSR count). The smallest absolute Gasteiger partial charge is 0.244 e. The van der Waals surface area contributed by atoms with Crippen LogP contribution in [-0.4, -0.2) is 18.0 Å². The fourth-order valence-electron chi connectivity index (χ4n) is 1.54. The van der Waals surface area contributed by atoms with Gasteiger partial charge >= 0.3 is 0 Å². The molecule has 0 aliphatic rings. The molecular weight excluding hydrogens is 280 g/mol. The molecule has 0 aromatic heterocycles. The molecule has 1 aromatic rings. The van der Waals surface area contributed by atoms with Gasteiger partial charge in [-0.25, -0.2) is 0 Å². The minimum Gasteiger partial charge on any atom is -0.324 e. The molecule has 0 heterocycles. The molecular formula is C13H19BrN2O. The molecule has 3 nitrogen and oxygen atoms in total. The van der Waals surface area contributed by atoms with Gasteiger partial charge in [-0.3, -0.25) is 4.79 Å². The average Bonchev–Trinajstić information content (AvgIpc) is 2.24. The summed E-state index contributed by atoms with van der Waals surface area (Å²) in [6.07, 6.45) is 0. The number of anilines is 1. The summed E-state index contributed by atoms with van der Waals surface area (Å²) in [5, 5.41) is 6.10. The number of halogens is 1. The van der Waals surface area contributed by atoms with E-state index in [4.69, 9.17) is 0 Å². The number of carbonyl (C=O) groups is 1. The van der Waals surface area contributed by atoms with E-state index < -0.39 is 5.54 Å². The van der Waals surface area contributed by atoms with Crippen LogP contribution in [0, 0.1) is 6.92 Å². The maximum absolute atomic E-state index is 12.1. The maximum atomic E-state index is 12.1. The van der Waals surface area contributed by atoms with Crippen LogP contribution >= 0.6 is 15.9 Å². The monoisotopic (exact) mass is 298 g/mol. The molecule has 1 amide bonds. The highest BCUT2D eigenvalue weighted by Crippen LogP contribution is 2.24. The van der Waals surface area contributed by atoms with E-state index in [9.17, 15) is 4.79 Å². The van der Waals surface area contributed by atoms with Crippen LogP contribution in [-0.2, 0) is 4.79 Å². The lowest BCUT2D eigenvalue weighted by Gasteiger charge is -2.25. The van der Waals surface area contributed by atoms with E-state index in [-0.39, 0.29) is 5.91 Å². The Balaban J connectivity index is 2.85. The van der Waals surface area contributed by atoms with Gasteiger partial charge in [-0.05, 0) is 45.0 Å². The lowest BCUT2D eigenvalue weighted by atomic mass is 10.0. The predicted molar refractivity (Wildman–Crippen MR) is 75.3 cm³/mol. The van der Waals surface area contributed by atoms with Crippen molar-refractivity contribution >= 4 is 27.5 Å². The number of likely N-dealkylation sites (N-methyl/N-ethyl adjacent to an activating group) is 1. The Morgan fingerprint density at radius 3 is 2.65 bits per heavy atom. The number of carbonyl (C=O) groups excluding carboxylic acids is 1. The first-order chi connectivity index (χ1) is 7.88. The molecule has 0 aliphatic carbocycles. The zero-order chi connectivity index (χ0) is 13.1. The lowest BCUT2D eigenvalue weighted by molar-refractivity contribution is -0.121. The van der Waals surface area contributed by atoms with Gasteiger partial charge in [-0.2, -0.15) is 0 Å². The first kappa shape index (κ1) is 14.2. The van der Waals surface area contributed by atoms with Crippen molar-refractivity contribution in [1.29, 1.82) is 0 Å². The molecule has 0 bridgehead atoms. The number of rotatable bonds is 4. The molecule has 17 heavy (non-hydrogen) atoms. The van der Waals surface area contributed by atoms with Gasteiger partial charge in [0.05, 0.1) is 5.54 Å². The summed E-state index contributed by atoms with van der Waals surface area (Å²) in [5.41, 5.74) is 1.31. The SMILES string of the molecule is CCNC(C)(C)C(=O)Nc1cccc(Br)c1C. The van der Waals surface area contributed by atoms with Gasteiger partial charge < -0.3 is 10.6 Å². The summed E-state index contributed by atoms with van der Waals surface area (Å²) in [6.45, 7) is 8.47. The average molecular weight is 299 g/mol. The van der Waals surface area contributed by atoms with Gasteiger partial charge in [0.25, 0.3) is 0 Å². The third kappa shape index (κ3) is 3.54. The minimum atomic E-state index is -0.566. The van der Waals surface area contributed by atoms with Crippen LogP contribution in [0.2, 0.25) is 0 Å². The quantitative estimate of drug-likeness (QED) is 0.897. The minimum absolute atomic E-state index is 0.0273. The highest BCUT2D eigenvalue weighted by atomic mass is 79.9. The first-order valence-electron chi connectivity index (χ1n) is 5.70. The van der Waals surface area contributed by atoms with E-state index in [0.29, 0.717) is 0 Å². The van der Waals surface area contributed by atoms with Crippen molar-refractivity contribution in [3.05, 3.63) is 28.2 Å². The van der Waals surface area contributed by atoms with Crippen molar-refractivity contribution in [2.45, 2.75) is 33.2 Å². The van der Waals surface area contributed by atoms with Gasteiger partial charge in [-0.1, -0.05) is 28.9 Å².